The van der Waals surface area contributed by atoms with Gasteiger partial charge in [-0.05, 0) is 53.4 Å². The lowest BCUT2D eigenvalue weighted by molar-refractivity contribution is 0.426. The predicted octanol–water partition coefficient (Wildman–Crippen LogP) is 5.82. The van der Waals surface area contributed by atoms with Gasteiger partial charge in [0.15, 0.2) is 0 Å². The van der Waals surface area contributed by atoms with Gasteiger partial charge in [-0.1, -0.05) is 114 Å². The molecule has 0 spiro atoms. The normalized spacial score (nSPS) is 11.7. The molecule has 0 atom stereocenters. The van der Waals surface area contributed by atoms with Crippen molar-refractivity contribution in [1.29, 1.82) is 0 Å². The summed E-state index contributed by atoms with van der Waals surface area (Å²) >= 11 is 0. The van der Waals surface area contributed by atoms with Crippen LogP contribution in [0.4, 0.5) is 0 Å². The molecule has 0 saturated carbocycles. The molecule has 0 aliphatic heterocycles. The number of unbranched alkanes of at least 4 members (excludes halogenated alkanes) is 6. The van der Waals surface area contributed by atoms with Crippen LogP contribution in [0.5, 0.6) is 0 Å². The van der Waals surface area contributed by atoms with Crippen molar-refractivity contribution in [1.82, 2.24) is 0 Å². The monoisotopic (exact) mass is 438 g/mol. The summed E-state index contributed by atoms with van der Waals surface area (Å²) in [5.41, 5.74) is 5.89. The average Bonchev–Trinajstić information content (AvgIpc) is 2.73. The van der Waals surface area contributed by atoms with E-state index >= 15 is 0 Å². The topological polar surface area (TPSA) is 40.5 Å². The van der Waals surface area contributed by atoms with Crippen molar-refractivity contribution in [3.8, 4) is 11.1 Å². The van der Waals surface area contributed by atoms with Gasteiger partial charge in [0.2, 0.25) is 0 Å². The molecule has 0 fully saturated rings. The van der Waals surface area contributed by atoms with Crippen LogP contribution < -0.4 is 10.6 Å². The first-order valence-corrected chi connectivity index (χ1v) is 15.9. The average molecular weight is 439 g/mol. The molecule has 2 N–H and O–H groups in total. The van der Waals surface area contributed by atoms with Crippen LogP contribution in [0.1, 0.15) is 76.3 Å². The zero-order valence-corrected chi connectivity index (χ0v) is 21.5. The lowest BCUT2D eigenvalue weighted by Crippen LogP contribution is -2.40. The second-order valence-electron chi connectivity index (χ2n) is 10.0. The van der Waals surface area contributed by atoms with Crippen LogP contribution in [0.3, 0.4) is 0 Å². The third kappa shape index (κ3) is 7.93. The van der Waals surface area contributed by atoms with Crippen LogP contribution >= 0.6 is 0 Å². The lowest BCUT2D eigenvalue weighted by atomic mass is 9.78. The van der Waals surface area contributed by atoms with Crippen molar-refractivity contribution >= 4 is 25.8 Å². The van der Waals surface area contributed by atoms with Gasteiger partial charge in [-0.25, -0.2) is 0 Å². The van der Waals surface area contributed by atoms with Crippen LogP contribution in [-0.4, -0.2) is 25.2 Å². The fraction of sp³-hybridized carbons (Fsp3) is 0.556. The highest BCUT2D eigenvalue weighted by Gasteiger charge is 2.23. The second kappa shape index (κ2) is 12.6. The Morgan fingerprint density at radius 3 is 1.90 bits per heavy atom. The van der Waals surface area contributed by atoms with Gasteiger partial charge < -0.3 is 10.0 Å². The Balaban J connectivity index is 2.50. The number of hydrogen-bond donors (Lipinski definition) is 2. The molecule has 0 aliphatic rings. The van der Waals surface area contributed by atoms with Gasteiger partial charge >= 0.3 is 7.12 Å². The fourth-order valence-electron chi connectivity index (χ4n) is 4.42. The summed E-state index contributed by atoms with van der Waals surface area (Å²) < 4.78 is 0. The van der Waals surface area contributed by atoms with Gasteiger partial charge in [0, 0.05) is 0 Å². The van der Waals surface area contributed by atoms with Crippen molar-refractivity contribution in [3.63, 3.8) is 0 Å². The van der Waals surface area contributed by atoms with Crippen LogP contribution in [-0.2, 0) is 12.8 Å². The van der Waals surface area contributed by atoms with E-state index in [9.17, 15) is 10.0 Å². The van der Waals surface area contributed by atoms with Crippen molar-refractivity contribution in [2.75, 3.05) is 0 Å². The summed E-state index contributed by atoms with van der Waals surface area (Å²) in [6, 6.07) is 12.8. The number of rotatable bonds is 13. The van der Waals surface area contributed by atoms with E-state index in [0.29, 0.717) is 5.46 Å². The summed E-state index contributed by atoms with van der Waals surface area (Å²) in [6.07, 6.45) is 12.4. The Hall–Kier alpha value is -1.36. The van der Waals surface area contributed by atoms with Crippen molar-refractivity contribution in [3.05, 3.63) is 47.5 Å². The zero-order chi connectivity index (χ0) is 22.9. The van der Waals surface area contributed by atoms with Crippen molar-refractivity contribution < 1.29 is 10.0 Å². The smallest absolute Gasteiger partial charge is 0.423 e. The summed E-state index contributed by atoms with van der Waals surface area (Å²) in [6.45, 7) is 11.9. The maximum Gasteiger partial charge on any atom is 0.488 e. The molecule has 2 aromatic carbocycles. The molecule has 31 heavy (non-hydrogen) atoms. The third-order valence-corrected chi connectivity index (χ3v) is 8.31. The highest BCUT2D eigenvalue weighted by atomic mass is 28.3. The largest absolute Gasteiger partial charge is 0.488 e. The molecule has 2 nitrogen and oxygen atoms in total. The van der Waals surface area contributed by atoms with Gasteiger partial charge in [0.05, 0.1) is 8.07 Å². The molecule has 0 aromatic heterocycles. The number of aryl methyl sites for hydroxylation is 2. The van der Waals surface area contributed by atoms with Crippen molar-refractivity contribution in [2.45, 2.75) is 97.7 Å². The van der Waals surface area contributed by atoms with Gasteiger partial charge in [-0.15, -0.1) is 0 Å². The van der Waals surface area contributed by atoms with E-state index in [-0.39, 0.29) is 0 Å². The highest BCUT2D eigenvalue weighted by molar-refractivity contribution is 6.89. The van der Waals surface area contributed by atoms with Crippen LogP contribution in [0.15, 0.2) is 36.4 Å². The molecule has 2 rings (SSSR count). The minimum Gasteiger partial charge on any atom is -0.423 e. The van der Waals surface area contributed by atoms with E-state index in [1.807, 2.05) is 12.1 Å². The van der Waals surface area contributed by atoms with E-state index in [2.05, 4.69) is 51.7 Å². The minimum atomic E-state index is -1.46. The first-order valence-electron chi connectivity index (χ1n) is 12.4. The maximum absolute atomic E-state index is 9.70. The highest BCUT2D eigenvalue weighted by Crippen LogP contribution is 2.28. The van der Waals surface area contributed by atoms with E-state index < -0.39 is 15.2 Å². The van der Waals surface area contributed by atoms with Crippen molar-refractivity contribution in [2.24, 2.45) is 0 Å². The molecule has 0 heterocycles. The lowest BCUT2D eigenvalue weighted by Gasteiger charge is -2.25. The molecule has 0 unspecified atom stereocenters. The Kier molecular flexibility index (Phi) is 10.5. The van der Waals surface area contributed by atoms with E-state index in [4.69, 9.17) is 0 Å². The van der Waals surface area contributed by atoms with Crippen LogP contribution in [0.2, 0.25) is 19.6 Å². The van der Waals surface area contributed by atoms with E-state index in [1.165, 1.54) is 68.1 Å². The second-order valence-corrected chi connectivity index (χ2v) is 15.1. The van der Waals surface area contributed by atoms with Gasteiger partial charge in [0.25, 0.3) is 0 Å². The Labute approximate surface area is 192 Å². The summed E-state index contributed by atoms with van der Waals surface area (Å²) in [7, 11) is -2.89. The quantitative estimate of drug-likeness (QED) is 0.305. The van der Waals surface area contributed by atoms with Crippen LogP contribution in [0.25, 0.3) is 11.1 Å². The van der Waals surface area contributed by atoms with Gasteiger partial charge in [0.1, 0.15) is 0 Å². The molecule has 170 valence electrons. The molecule has 2 aromatic rings. The van der Waals surface area contributed by atoms with Crippen LogP contribution in [0, 0.1) is 0 Å². The Morgan fingerprint density at radius 1 is 0.742 bits per heavy atom. The SMILES string of the molecule is CCCCCCc1cc([Si](C)(C)C)c(CCCCCC)cc1-c1cccc(B(O)O)c1. The summed E-state index contributed by atoms with van der Waals surface area (Å²) in [4.78, 5) is 0. The summed E-state index contributed by atoms with van der Waals surface area (Å²) in [5.74, 6) is 0. The molecular formula is C27H43BO2Si. The first kappa shape index (κ1) is 25.9. The minimum absolute atomic E-state index is 0.563. The standard InChI is InChI=1S/C27H43BO2Si/c1-6-8-10-12-15-23-21-27(31(3,4)5)24(16-13-11-9-7-2)20-26(23)22-17-14-18-25(19-22)28(29)30/h14,17-21,29-30H,6-13,15-16H2,1-5H3. The maximum atomic E-state index is 9.70. The first-order chi connectivity index (χ1) is 14.8. The Bertz CT molecular complexity index is 811. The molecule has 0 saturated heterocycles. The number of hydrogen-bond acceptors (Lipinski definition) is 2. The molecule has 0 bridgehead atoms. The zero-order valence-electron chi connectivity index (χ0n) is 20.5. The molecular weight excluding hydrogens is 395 g/mol. The molecule has 4 heteroatoms. The summed E-state index contributed by atoms with van der Waals surface area (Å²) in [5, 5.41) is 21.0. The predicted molar refractivity (Wildman–Crippen MR) is 140 cm³/mol. The third-order valence-electron chi connectivity index (χ3n) is 6.23. The van der Waals surface area contributed by atoms with E-state index in [0.717, 1.165) is 18.4 Å². The molecule has 0 radical (unpaired) electrons. The van der Waals surface area contributed by atoms with Gasteiger partial charge in [-0.3, -0.25) is 0 Å². The Morgan fingerprint density at radius 2 is 1.35 bits per heavy atom. The van der Waals surface area contributed by atoms with E-state index in [1.54, 1.807) is 11.3 Å². The molecule has 0 amide bonds. The molecule has 0 aliphatic carbocycles. The number of benzene rings is 2. The fourth-order valence-corrected chi connectivity index (χ4v) is 6.19. The van der Waals surface area contributed by atoms with Gasteiger partial charge in [-0.2, -0.15) is 0 Å².